The Morgan fingerprint density at radius 3 is 1.60 bits per heavy atom. The van der Waals surface area contributed by atoms with Crippen LogP contribution in [-0.4, -0.2) is 25.2 Å². The Bertz CT molecular complexity index is 519. The molecule has 1 aromatic rings. The highest BCUT2D eigenvalue weighted by Crippen LogP contribution is 2.15. The fourth-order valence-electron chi connectivity index (χ4n) is 2.77. The number of hydrogen-bond acceptors (Lipinski definition) is 4. The van der Waals surface area contributed by atoms with Crippen molar-refractivity contribution >= 4 is 11.9 Å². The lowest BCUT2D eigenvalue weighted by atomic mass is 10.1. The third-order valence-corrected chi connectivity index (χ3v) is 4.11. The first-order chi connectivity index (χ1) is 11.9. The van der Waals surface area contributed by atoms with Gasteiger partial charge >= 0.3 is 11.9 Å². The van der Waals surface area contributed by atoms with Crippen molar-refractivity contribution in [3.8, 4) is 0 Å². The third-order valence-electron chi connectivity index (χ3n) is 4.11. The van der Waals surface area contributed by atoms with Gasteiger partial charge in [-0.1, -0.05) is 40.5 Å². The molecule has 0 heterocycles. The number of carbonyl (C=O) groups excluding carboxylic acids is 2. The van der Waals surface area contributed by atoms with Gasteiger partial charge in [0, 0.05) is 0 Å². The lowest BCUT2D eigenvalue weighted by Crippen LogP contribution is -2.15. The van der Waals surface area contributed by atoms with Gasteiger partial charge in [-0.15, -0.1) is 0 Å². The Balaban J connectivity index is 2.71. The summed E-state index contributed by atoms with van der Waals surface area (Å²) in [6.07, 6.45) is 4.18. The van der Waals surface area contributed by atoms with Gasteiger partial charge in [0.2, 0.25) is 0 Å². The third kappa shape index (κ3) is 7.72. The Morgan fingerprint density at radius 2 is 1.24 bits per heavy atom. The first-order valence-corrected chi connectivity index (χ1v) is 9.33. The van der Waals surface area contributed by atoms with Crippen LogP contribution in [0.15, 0.2) is 18.2 Å². The molecule has 0 radical (unpaired) electrons. The molecule has 0 saturated carbocycles. The van der Waals surface area contributed by atoms with Crippen LogP contribution in [0.25, 0.3) is 0 Å². The Hall–Kier alpha value is -1.84. The molecule has 140 valence electrons. The van der Waals surface area contributed by atoms with E-state index in [4.69, 9.17) is 9.47 Å². The lowest BCUT2D eigenvalue weighted by Gasteiger charge is -2.13. The normalized spacial score (nSPS) is 13.2. The van der Waals surface area contributed by atoms with Crippen LogP contribution in [0.2, 0.25) is 0 Å². The number of esters is 2. The van der Waals surface area contributed by atoms with Crippen molar-refractivity contribution in [1.82, 2.24) is 0 Å². The summed E-state index contributed by atoms with van der Waals surface area (Å²) in [5.74, 6) is -0.105. The molecule has 0 bridgehead atoms. The number of benzene rings is 1. The highest BCUT2D eigenvalue weighted by Gasteiger charge is 2.16. The second kappa shape index (κ2) is 10.9. The fourth-order valence-corrected chi connectivity index (χ4v) is 2.77. The van der Waals surface area contributed by atoms with E-state index in [1.807, 2.05) is 6.92 Å². The standard InChI is InChI=1S/C21H32O4/c1-6-8-15(3)13-24-20(22)18-10-17(5)11-19(12-18)21(23)25-14-16(4)9-7-2/h10-12,15-16H,6-9,13-14H2,1-5H3. The van der Waals surface area contributed by atoms with Crippen LogP contribution >= 0.6 is 0 Å². The van der Waals surface area contributed by atoms with E-state index in [1.165, 1.54) is 0 Å². The van der Waals surface area contributed by atoms with E-state index in [1.54, 1.807) is 18.2 Å². The molecule has 4 nitrogen and oxygen atoms in total. The second-order valence-corrected chi connectivity index (χ2v) is 7.07. The number of hydrogen-bond donors (Lipinski definition) is 0. The van der Waals surface area contributed by atoms with Crippen LogP contribution < -0.4 is 0 Å². The first-order valence-electron chi connectivity index (χ1n) is 9.33. The predicted molar refractivity (Wildman–Crippen MR) is 99.9 cm³/mol. The van der Waals surface area contributed by atoms with Gasteiger partial charge in [-0.2, -0.15) is 0 Å². The molecule has 25 heavy (non-hydrogen) atoms. The van der Waals surface area contributed by atoms with Crippen LogP contribution in [0.1, 0.15) is 79.7 Å². The maximum Gasteiger partial charge on any atom is 0.338 e. The van der Waals surface area contributed by atoms with Gasteiger partial charge in [-0.25, -0.2) is 9.59 Å². The molecule has 2 unspecified atom stereocenters. The van der Waals surface area contributed by atoms with Crippen molar-refractivity contribution < 1.29 is 19.1 Å². The molecule has 0 aromatic heterocycles. The van der Waals surface area contributed by atoms with E-state index >= 15 is 0 Å². The zero-order chi connectivity index (χ0) is 18.8. The second-order valence-electron chi connectivity index (χ2n) is 7.07. The van der Waals surface area contributed by atoms with E-state index < -0.39 is 0 Å². The zero-order valence-electron chi connectivity index (χ0n) is 16.3. The molecule has 0 N–H and O–H groups in total. The molecule has 4 heteroatoms. The van der Waals surface area contributed by atoms with E-state index in [-0.39, 0.29) is 11.9 Å². The number of rotatable bonds is 10. The summed E-state index contributed by atoms with van der Waals surface area (Å²) >= 11 is 0. The van der Waals surface area contributed by atoms with E-state index in [0.29, 0.717) is 36.2 Å². The quantitative estimate of drug-likeness (QED) is 0.547. The minimum Gasteiger partial charge on any atom is -0.462 e. The number of ether oxygens (including phenoxy) is 2. The molecule has 0 fully saturated rings. The molecule has 0 aliphatic carbocycles. The molecule has 0 aliphatic heterocycles. The summed E-state index contributed by atoms with van der Waals surface area (Å²) in [5, 5.41) is 0. The van der Waals surface area contributed by atoms with Crippen molar-refractivity contribution in [3.05, 3.63) is 34.9 Å². The van der Waals surface area contributed by atoms with Crippen molar-refractivity contribution in [3.63, 3.8) is 0 Å². The summed E-state index contributed by atoms with van der Waals surface area (Å²) in [7, 11) is 0. The van der Waals surface area contributed by atoms with Crippen LogP contribution in [0.3, 0.4) is 0 Å². The summed E-state index contributed by atoms with van der Waals surface area (Å²) in [6, 6.07) is 5.04. The van der Waals surface area contributed by atoms with Gasteiger partial charge < -0.3 is 9.47 Å². The van der Waals surface area contributed by atoms with Crippen LogP contribution in [0, 0.1) is 18.8 Å². The van der Waals surface area contributed by atoms with E-state index in [9.17, 15) is 9.59 Å². The van der Waals surface area contributed by atoms with Crippen LogP contribution in [-0.2, 0) is 9.47 Å². The summed E-state index contributed by atoms with van der Waals surface area (Å²) < 4.78 is 10.7. The lowest BCUT2D eigenvalue weighted by molar-refractivity contribution is 0.0441. The van der Waals surface area contributed by atoms with Gasteiger partial charge in [0.1, 0.15) is 0 Å². The highest BCUT2D eigenvalue weighted by molar-refractivity contribution is 5.95. The Labute approximate surface area is 151 Å². The SMILES string of the molecule is CCCC(C)COC(=O)c1cc(C)cc(C(=O)OCC(C)CCC)c1. The summed E-state index contributed by atoms with van der Waals surface area (Å²) in [5.41, 5.74) is 1.64. The molecule has 1 aromatic carbocycles. The van der Waals surface area contributed by atoms with Crippen molar-refractivity contribution in [1.29, 1.82) is 0 Å². The topological polar surface area (TPSA) is 52.6 Å². The average Bonchev–Trinajstić information content (AvgIpc) is 2.57. The highest BCUT2D eigenvalue weighted by atomic mass is 16.5. The maximum atomic E-state index is 12.3. The van der Waals surface area contributed by atoms with E-state index in [0.717, 1.165) is 31.2 Å². The Kier molecular flexibility index (Phi) is 9.25. The molecular weight excluding hydrogens is 316 g/mol. The molecule has 2 atom stereocenters. The summed E-state index contributed by atoms with van der Waals surface area (Å²) in [4.78, 5) is 24.5. The molecule has 0 aliphatic rings. The molecule has 1 rings (SSSR count). The number of carbonyl (C=O) groups is 2. The molecular formula is C21H32O4. The van der Waals surface area contributed by atoms with Gasteiger partial charge in [0.05, 0.1) is 24.3 Å². The first kappa shape index (κ1) is 21.2. The van der Waals surface area contributed by atoms with Gasteiger partial charge in [0.15, 0.2) is 0 Å². The zero-order valence-corrected chi connectivity index (χ0v) is 16.3. The smallest absolute Gasteiger partial charge is 0.338 e. The van der Waals surface area contributed by atoms with Crippen molar-refractivity contribution in [2.75, 3.05) is 13.2 Å². The minimum atomic E-state index is -0.389. The monoisotopic (exact) mass is 348 g/mol. The van der Waals surface area contributed by atoms with Crippen LogP contribution in [0.5, 0.6) is 0 Å². The molecule has 0 saturated heterocycles. The van der Waals surface area contributed by atoms with Gasteiger partial charge in [-0.3, -0.25) is 0 Å². The minimum absolute atomic E-state index is 0.336. The molecule has 0 spiro atoms. The van der Waals surface area contributed by atoms with Crippen molar-refractivity contribution in [2.24, 2.45) is 11.8 Å². The average molecular weight is 348 g/mol. The molecule has 0 amide bonds. The van der Waals surface area contributed by atoms with E-state index in [2.05, 4.69) is 27.7 Å². The number of aryl methyl sites for hydroxylation is 1. The van der Waals surface area contributed by atoms with Gasteiger partial charge in [-0.05, 0) is 55.4 Å². The Morgan fingerprint density at radius 1 is 0.840 bits per heavy atom. The summed E-state index contributed by atoms with van der Waals surface area (Å²) in [6.45, 7) is 11.0. The fraction of sp³-hybridized carbons (Fsp3) is 0.619. The van der Waals surface area contributed by atoms with Crippen molar-refractivity contribution in [2.45, 2.75) is 60.3 Å². The predicted octanol–water partition coefficient (Wildman–Crippen LogP) is 5.18. The van der Waals surface area contributed by atoms with Crippen LogP contribution in [0.4, 0.5) is 0 Å². The largest absolute Gasteiger partial charge is 0.462 e. The van der Waals surface area contributed by atoms with Gasteiger partial charge in [0.25, 0.3) is 0 Å². The maximum absolute atomic E-state index is 12.3.